The molecule has 3 atom stereocenters. The van der Waals surface area contributed by atoms with Crippen molar-refractivity contribution in [1.82, 2.24) is 9.55 Å². The van der Waals surface area contributed by atoms with E-state index < -0.39 is 0 Å². The average molecular weight is 264 g/mol. The zero-order chi connectivity index (χ0) is 14.2. The minimum Gasteiger partial charge on any atom is -0.393 e. The van der Waals surface area contributed by atoms with Crippen LogP contribution in [0.1, 0.15) is 64.5 Å². The molecule has 0 spiro atoms. The molecule has 1 fully saturated rings. The van der Waals surface area contributed by atoms with Gasteiger partial charge < -0.3 is 9.67 Å². The molecule has 1 aromatic rings. The van der Waals surface area contributed by atoms with Crippen LogP contribution in [0, 0.1) is 18.3 Å². The lowest BCUT2D eigenvalue weighted by Crippen LogP contribution is -2.37. The standard InChI is InChI=1S/C16H28N2O/c1-6-15-17-11(2)10-18(15)14-9-12(19)7-8-13(14)16(3,4)5/h10,12-14,19H,6-9H2,1-5H3. The third-order valence-electron chi connectivity index (χ3n) is 4.50. The number of rotatable bonds is 2. The second-order valence-electron chi connectivity index (χ2n) is 7.07. The number of hydrogen-bond donors (Lipinski definition) is 1. The van der Waals surface area contributed by atoms with E-state index in [-0.39, 0.29) is 11.5 Å². The van der Waals surface area contributed by atoms with E-state index in [4.69, 9.17) is 0 Å². The predicted molar refractivity (Wildman–Crippen MR) is 78.2 cm³/mol. The molecule has 0 bridgehead atoms. The van der Waals surface area contributed by atoms with Gasteiger partial charge in [-0.25, -0.2) is 4.98 Å². The summed E-state index contributed by atoms with van der Waals surface area (Å²) in [6.45, 7) is 11.2. The molecule has 2 rings (SSSR count). The topological polar surface area (TPSA) is 38.0 Å². The molecular formula is C16H28N2O. The van der Waals surface area contributed by atoms with Gasteiger partial charge in [-0.05, 0) is 37.5 Å². The molecule has 3 nitrogen and oxygen atoms in total. The summed E-state index contributed by atoms with van der Waals surface area (Å²) in [7, 11) is 0. The first kappa shape index (κ1) is 14.6. The molecule has 1 N–H and O–H groups in total. The Morgan fingerprint density at radius 2 is 2.05 bits per heavy atom. The van der Waals surface area contributed by atoms with Crippen molar-refractivity contribution in [3.8, 4) is 0 Å². The Morgan fingerprint density at radius 1 is 1.37 bits per heavy atom. The fourth-order valence-electron chi connectivity index (χ4n) is 3.56. The maximum atomic E-state index is 10.1. The lowest BCUT2D eigenvalue weighted by Gasteiger charge is -2.43. The van der Waals surface area contributed by atoms with Crippen molar-refractivity contribution in [2.45, 2.75) is 72.4 Å². The lowest BCUT2D eigenvalue weighted by atomic mass is 9.69. The summed E-state index contributed by atoms with van der Waals surface area (Å²) in [6, 6.07) is 0.389. The summed E-state index contributed by atoms with van der Waals surface area (Å²) in [6.07, 6.45) is 5.88. The van der Waals surface area contributed by atoms with Crippen LogP contribution < -0.4 is 0 Å². The molecule has 1 aliphatic carbocycles. The zero-order valence-electron chi connectivity index (χ0n) is 13.0. The first-order chi connectivity index (χ1) is 8.82. The second kappa shape index (κ2) is 5.28. The molecule has 0 aromatic carbocycles. The summed E-state index contributed by atoms with van der Waals surface area (Å²) in [5, 5.41) is 10.1. The Labute approximate surface area is 117 Å². The first-order valence-corrected chi connectivity index (χ1v) is 7.55. The maximum Gasteiger partial charge on any atom is 0.108 e. The Bertz CT molecular complexity index is 430. The molecule has 3 unspecified atom stereocenters. The number of aliphatic hydroxyl groups excluding tert-OH is 1. The third kappa shape index (κ3) is 3.02. The number of aliphatic hydroxyl groups is 1. The van der Waals surface area contributed by atoms with Crippen molar-refractivity contribution in [2.75, 3.05) is 0 Å². The molecule has 1 aromatic heterocycles. The van der Waals surface area contributed by atoms with Gasteiger partial charge in [0.25, 0.3) is 0 Å². The monoisotopic (exact) mass is 264 g/mol. The Balaban J connectivity index is 2.36. The molecule has 19 heavy (non-hydrogen) atoms. The third-order valence-corrected chi connectivity index (χ3v) is 4.50. The van der Waals surface area contributed by atoms with Gasteiger partial charge >= 0.3 is 0 Å². The van der Waals surface area contributed by atoms with E-state index in [1.807, 2.05) is 0 Å². The summed E-state index contributed by atoms with van der Waals surface area (Å²) in [4.78, 5) is 4.63. The fourth-order valence-corrected chi connectivity index (χ4v) is 3.56. The molecule has 1 saturated carbocycles. The second-order valence-corrected chi connectivity index (χ2v) is 7.07. The van der Waals surface area contributed by atoms with E-state index in [9.17, 15) is 5.11 Å². The van der Waals surface area contributed by atoms with Crippen molar-refractivity contribution in [1.29, 1.82) is 0 Å². The maximum absolute atomic E-state index is 10.1. The van der Waals surface area contributed by atoms with Crippen molar-refractivity contribution >= 4 is 0 Å². The molecule has 0 radical (unpaired) electrons. The zero-order valence-corrected chi connectivity index (χ0v) is 13.0. The SMILES string of the molecule is CCc1nc(C)cn1C1CC(O)CCC1C(C)(C)C. The van der Waals surface area contributed by atoms with Gasteiger partial charge in [0.2, 0.25) is 0 Å². The van der Waals surface area contributed by atoms with Gasteiger partial charge in [-0.1, -0.05) is 27.7 Å². The van der Waals surface area contributed by atoms with Crippen molar-refractivity contribution in [3.05, 3.63) is 17.7 Å². The van der Waals surface area contributed by atoms with Crippen LogP contribution in [0.2, 0.25) is 0 Å². The number of aromatic nitrogens is 2. The van der Waals surface area contributed by atoms with Crippen molar-refractivity contribution < 1.29 is 5.11 Å². The van der Waals surface area contributed by atoms with Crippen LogP contribution >= 0.6 is 0 Å². The van der Waals surface area contributed by atoms with Gasteiger partial charge in [-0.15, -0.1) is 0 Å². The number of aryl methyl sites for hydroxylation is 2. The minimum atomic E-state index is -0.156. The molecule has 3 heteroatoms. The highest BCUT2D eigenvalue weighted by Crippen LogP contribution is 2.44. The summed E-state index contributed by atoms with van der Waals surface area (Å²) < 4.78 is 2.34. The van der Waals surface area contributed by atoms with Crippen LogP contribution in [0.5, 0.6) is 0 Å². The quantitative estimate of drug-likeness (QED) is 0.887. The minimum absolute atomic E-state index is 0.156. The highest BCUT2D eigenvalue weighted by Gasteiger charge is 2.38. The molecule has 0 aliphatic heterocycles. The van der Waals surface area contributed by atoms with Crippen LogP contribution in [0.25, 0.3) is 0 Å². The van der Waals surface area contributed by atoms with Gasteiger partial charge in [0.05, 0.1) is 11.8 Å². The fraction of sp³-hybridized carbons (Fsp3) is 0.812. The van der Waals surface area contributed by atoms with Crippen LogP contribution in [0.4, 0.5) is 0 Å². The van der Waals surface area contributed by atoms with Gasteiger partial charge in [0.1, 0.15) is 5.82 Å². The Kier molecular flexibility index (Phi) is 4.05. The smallest absolute Gasteiger partial charge is 0.108 e. The molecular weight excluding hydrogens is 236 g/mol. The number of nitrogens with zero attached hydrogens (tertiary/aromatic N) is 2. The van der Waals surface area contributed by atoms with E-state index in [0.29, 0.717) is 12.0 Å². The molecule has 1 heterocycles. The Morgan fingerprint density at radius 3 is 2.63 bits per heavy atom. The largest absolute Gasteiger partial charge is 0.393 e. The van der Waals surface area contributed by atoms with Crippen LogP contribution in [-0.2, 0) is 6.42 Å². The molecule has 0 amide bonds. The van der Waals surface area contributed by atoms with Crippen LogP contribution in [0.3, 0.4) is 0 Å². The van der Waals surface area contributed by atoms with E-state index in [1.165, 1.54) is 0 Å². The average Bonchev–Trinajstić information content (AvgIpc) is 2.68. The van der Waals surface area contributed by atoms with Crippen LogP contribution in [-0.4, -0.2) is 20.8 Å². The summed E-state index contributed by atoms with van der Waals surface area (Å²) in [5.41, 5.74) is 1.36. The van der Waals surface area contributed by atoms with E-state index in [1.54, 1.807) is 0 Å². The van der Waals surface area contributed by atoms with Crippen molar-refractivity contribution in [3.63, 3.8) is 0 Å². The van der Waals surface area contributed by atoms with Gasteiger partial charge in [-0.2, -0.15) is 0 Å². The van der Waals surface area contributed by atoms with Crippen LogP contribution in [0.15, 0.2) is 6.20 Å². The van der Waals surface area contributed by atoms with E-state index in [2.05, 4.69) is 50.4 Å². The van der Waals surface area contributed by atoms with Gasteiger partial charge in [0.15, 0.2) is 0 Å². The molecule has 0 saturated heterocycles. The summed E-state index contributed by atoms with van der Waals surface area (Å²) in [5.74, 6) is 1.76. The van der Waals surface area contributed by atoms with Gasteiger partial charge in [-0.3, -0.25) is 0 Å². The lowest BCUT2D eigenvalue weighted by molar-refractivity contribution is 0.0290. The normalized spacial score (nSPS) is 28.6. The van der Waals surface area contributed by atoms with E-state index in [0.717, 1.165) is 37.2 Å². The predicted octanol–water partition coefficient (Wildman–Crippen LogP) is 3.50. The molecule has 1 aliphatic rings. The number of imidazole rings is 1. The number of hydrogen-bond acceptors (Lipinski definition) is 2. The highest BCUT2D eigenvalue weighted by atomic mass is 16.3. The van der Waals surface area contributed by atoms with Crippen molar-refractivity contribution in [2.24, 2.45) is 11.3 Å². The van der Waals surface area contributed by atoms with Gasteiger partial charge in [0, 0.05) is 18.7 Å². The summed E-state index contributed by atoms with van der Waals surface area (Å²) >= 11 is 0. The Hall–Kier alpha value is -0.830. The first-order valence-electron chi connectivity index (χ1n) is 7.55. The highest BCUT2D eigenvalue weighted by molar-refractivity contribution is 5.06. The molecule has 108 valence electrons. The van der Waals surface area contributed by atoms with E-state index >= 15 is 0 Å².